The van der Waals surface area contributed by atoms with E-state index in [2.05, 4.69) is 11.4 Å². The van der Waals surface area contributed by atoms with Gasteiger partial charge in [0, 0.05) is 6.54 Å². The fourth-order valence-electron chi connectivity index (χ4n) is 3.69. The molecule has 30 heavy (non-hydrogen) atoms. The zero-order valence-electron chi connectivity index (χ0n) is 17.9. The molecule has 0 bridgehead atoms. The van der Waals surface area contributed by atoms with Gasteiger partial charge in [0.1, 0.15) is 6.54 Å². The van der Waals surface area contributed by atoms with E-state index in [0.717, 1.165) is 36.0 Å². The summed E-state index contributed by atoms with van der Waals surface area (Å²) in [6.07, 6.45) is 6.53. The van der Waals surface area contributed by atoms with E-state index in [0.29, 0.717) is 12.2 Å². The van der Waals surface area contributed by atoms with E-state index in [1.807, 2.05) is 32.9 Å². The summed E-state index contributed by atoms with van der Waals surface area (Å²) in [5, 5.41) is 2.90. The number of carbonyl (C=O) groups excluding carboxylic acids is 1. The molecule has 6 heteroatoms. The molecule has 1 N–H and O–H groups in total. The van der Waals surface area contributed by atoms with Gasteiger partial charge in [-0.1, -0.05) is 47.0 Å². The Hall–Kier alpha value is -2.60. The molecule has 5 nitrogen and oxygen atoms in total. The normalized spacial score (nSPS) is 14.2. The van der Waals surface area contributed by atoms with Crippen molar-refractivity contribution in [3.8, 4) is 0 Å². The molecule has 2 aromatic carbocycles. The quantitative estimate of drug-likeness (QED) is 0.667. The van der Waals surface area contributed by atoms with Crippen LogP contribution in [0.25, 0.3) is 0 Å². The average molecular weight is 427 g/mol. The molecule has 0 aromatic heterocycles. The number of sulfonamides is 1. The molecule has 1 amide bonds. The zero-order chi connectivity index (χ0) is 21.7. The van der Waals surface area contributed by atoms with E-state index in [1.165, 1.54) is 16.3 Å². The molecule has 0 atom stereocenters. The number of hydrogen-bond donors (Lipinski definition) is 1. The van der Waals surface area contributed by atoms with Crippen molar-refractivity contribution >= 4 is 21.6 Å². The maximum Gasteiger partial charge on any atom is 0.264 e. The number of amides is 1. The van der Waals surface area contributed by atoms with Crippen LogP contribution in [-0.4, -0.2) is 27.4 Å². The lowest BCUT2D eigenvalue weighted by Gasteiger charge is -2.26. The van der Waals surface area contributed by atoms with Crippen LogP contribution in [0.2, 0.25) is 0 Å². The number of carbonyl (C=O) groups is 1. The van der Waals surface area contributed by atoms with Gasteiger partial charge in [0.2, 0.25) is 5.91 Å². The molecule has 0 unspecified atom stereocenters. The van der Waals surface area contributed by atoms with Crippen LogP contribution in [0, 0.1) is 20.8 Å². The molecule has 0 radical (unpaired) electrons. The first-order chi connectivity index (χ1) is 14.3. The van der Waals surface area contributed by atoms with Crippen LogP contribution in [0.3, 0.4) is 0 Å². The van der Waals surface area contributed by atoms with Crippen molar-refractivity contribution in [1.82, 2.24) is 5.32 Å². The lowest BCUT2D eigenvalue weighted by molar-refractivity contribution is -0.119. The second kappa shape index (κ2) is 9.47. The van der Waals surface area contributed by atoms with Crippen molar-refractivity contribution in [3.63, 3.8) is 0 Å². The Labute approximate surface area is 179 Å². The van der Waals surface area contributed by atoms with Gasteiger partial charge >= 0.3 is 0 Å². The molecule has 0 fully saturated rings. The number of hydrogen-bond acceptors (Lipinski definition) is 3. The smallest absolute Gasteiger partial charge is 0.264 e. The average Bonchev–Trinajstić information content (AvgIpc) is 2.72. The fraction of sp³-hybridized carbons (Fsp3) is 0.375. The van der Waals surface area contributed by atoms with Crippen molar-refractivity contribution in [2.24, 2.45) is 0 Å². The predicted molar refractivity (Wildman–Crippen MR) is 121 cm³/mol. The van der Waals surface area contributed by atoms with Crippen molar-refractivity contribution in [2.45, 2.75) is 51.3 Å². The minimum atomic E-state index is -3.89. The highest BCUT2D eigenvalue weighted by Crippen LogP contribution is 2.27. The van der Waals surface area contributed by atoms with E-state index in [-0.39, 0.29) is 17.3 Å². The van der Waals surface area contributed by atoms with Crippen LogP contribution in [0.15, 0.2) is 59.0 Å². The minimum Gasteiger partial charge on any atom is -0.351 e. The third-order valence-electron chi connectivity index (χ3n) is 5.41. The van der Waals surface area contributed by atoms with Gasteiger partial charge in [0.15, 0.2) is 0 Å². The standard InChI is InChI=1S/C24H30N2O3S/c1-18-9-12-22(13-10-18)30(28,29)26(23-14-11-19(2)15-20(23)3)17-24(27)25-16-21-7-5-4-6-8-21/h7,9-15H,4-6,8,16-17H2,1-3H3,(H,25,27). The van der Waals surface area contributed by atoms with Gasteiger partial charge in [0.25, 0.3) is 10.0 Å². The Balaban J connectivity index is 1.88. The SMILES string of the molecule is Cc1ccc(S(=O)(=O)N(CC(=O)NCC2=CCCCC2)c2ccc(C)cc2C)cc1. The fourth-order valence-corrected chi connectivity index (χ4v) is 5.17. The summed E-state index contributed by atoms with van der Waals surface area (Å²) in [4.78, 5) is 12.9. The molecule has 3 rings (SSSR count). The number of nitrogens with zero attached hydrogens (tertiary/aromatic N) is 1. The van der Waals surface area contributed by atoms with Crippen molar-refractivity contribution in [3.05, 3.63) is 70.8 Å². The van der Waals surface area contributed by atoms with Crippen molar-refractivity contribution in [1.29, 1.82) is 0 Å². The van der Waals surface area contributed by atoms with Crippen LogP contribution >= 0.6 is 0 Å². The van der Waals surface area contributed by atoms with Gasteiger partial charge in [-0.25, -0.2) is 8.42 Å². The summed E-state index contributed by atoms with van der Waals surface area (Å²) in [5.41, 5.74) is 4.57. The molecule has 2 aromatic rings. The number of aryl methyl sites for hydroxylation is 3. The van der Waals surface area contributed by atoms with E-state index in [4.69, 9.17) is 0 Å². The molecule has 0 heterocycles. The highest BCUT2D eigenvalue weighted by atomic mass is 32.2. The first kappa shape index (κ1) is 22.1. The Kier molecular flexibility index (Phi) is 6.98. The van der Waals surface area contributed by atoms with Gasteiger partial charge in [-0.05, 0) is 70.2 Å². The minimum absolute atomic E-state index is 0.177. The molecule has 160 valence electrons. The molecular weight excluding hydrogens is 396 g/mol. The monoisotopic (exact) mass is 426 g/mol. The lowest BCUT2D eigenvalue weighted by Crippen LogP contribution is -2.41. The zero-order valence-corrected chi connectivity index (χ0v) is 18.8. The van der Waals surface area contributed by atoms with Gasteiger partial charge < -0.3 is 5.32 Å². The van der Waals surface area contributed by atoms with E-state index < -0.39 is 10.0 Å². The van der Waals surface area contributed by atoms with Crippen molar-refractivity contribution < 1.29 is 13.2 Å². The molecule has 0 spiro atoms. The Morgan fingerprint density at radius 2 is 1.70 bits per heavy atom. The molecule has 1 aliphatic rings. The summed E-state index contributed by atoms with van der Waals surface area (Å²) < 4.78 is 28.1. The van der Waals surface area contributed by atoms with Crippen LogP contribution < -0.4 is 9.62 Å². The maximum atomic E-state index is 13.5. The Morgan fingerprint density at radius 3 is 2.33 bits per heavy atom. The molecule has 0 saturated heterocycles. The number of allylic oxidation sites excluding steroid dienone is 1. The molecule has 0 saturated carbocycles. The van der Waals surface area contributed by atoms with E-state index in [1.54, 1.807) is 30.3 Å². The largest absolute Gasteiger partial charge is 0.351 e. The summed E-state index contributed by atoms with van der Waals surface area (Å²) in [6, 6.07) is 12.3. The predicted octanol–water partition coefficient (Wildman–Crippen LogP) is 4.42. The number of benzene rings is 2. The maximum absolute atomic E-state index is 13.5. The van der Waals surface area contributed by atoms with Gasteiger partial charge in [-0.15, -0.1) is 0 Å². The van der Waals surface area contributed by atoms with Crippen LogP contribution in [-0.2, 0) is 14.8 Å². The number of rotatable bonds is 7. The second-order valence-electron chi connectivity index (χ2n) is 8.00. The lowest BCUT2D eigenvalue weighted by atomic mass is 10.00. The van der Waals surface area contributed by atoms with Crippen LogP contribution in [0.1, 0.15) is 42.4 Å². The molecular formula is C24H30N2O3S. The Bertz CT molecular complexity index is 1040. The first-order valence-electron chi connectivity index (χ1n) is 10.4. The van der Waals surface area contributed by atoms with E-state index in [9.17, 15) is 13.2 Å². The third-order valence-corrected chi connectivity index (χ3v) is 7.19. The topological polar surface area (TPSA) is 66.5 Å². The van der Waals surface area contributed by atoms with Gasteiger partial charge in [0.05, 0.1) is 10.6 Å². The summed E-state index contributed by atoms with van der Waals surface area (Å²) in [6.45, 7) is 5.95. The van der Waals surface area contributed by atoms with Crippen molar-refractivity contribution in [2.75, 3.05) is 17.4 Å². The van der Waals surface area contributed by atoms with Gasteiger partial charge in [-0.2, -0.15) is 0 Å². The summed E-state index contributed by atoms with van der Waals surface area (Å²) in [5.74, 6) is -0.308. The Morgan fingerprint density at radius 1 is 1.00 bits per heavy atom. The second-order valence-corrected chi connectivity index (χ2v) is 9.86. The van der Waals surface area contributed by atoms with Crippen LogP contribution in [0.4, 0.5) is 5.69 Å². The molecule has 1 aliphatic carbocycles. The number of nitrogens with one attached hydrogen (secondary N) is 1. The summed E-state index contributed by atoms with van der Waals surface area (Å²) in [7, 11) is -3.89. The summed E-state index contributed by atoms with van der Waals surface area (Å²) >= 11 is 0. The van der Waals surface area contributed by atoms with Gasteiger partial charge in [-0.3, -0.25) is 9.10 Å². The van der Waals surface area contributed by atoms with Crippen LogP contribution in [0.5, 0.6) is 0 Å². The first-order valence-corrected chi connectivity index (χ1v) is 11.8. The highest BCUT2D eigenvalue weighted by molar-refractivity contribution is 7.92. The number of anilines is 1. The van der Waals surface area contributed by atoms with E-state index >= 15 is 0 Å². The highest BCUT2D eigenvalue weighted by Gasteiger charge is 2.28. The third kappa shape index (κ3) is 5.30. The molecule has 0 aliphatic heterocycles.